The fraction of sp³-hybridized carbons (Fsp3) is 0.471. The molecule has 1 unspecified atom stereocenters. The zero-order valence-corrected chi connectivity index (χ0v) is 12.0. The molecule has 2 nitrogen and oxygen atoms in total. The van der Waals surface area contributed by atoms with Gasteiger partial charge in [0.25, 0.3) is 0 Å². The van der Waals surface area contributed by atoms with Crippen LogP contribution in [0.1, 0.15) is 39.4 Å². The van der Waals surface area contributed by atoms with E-state index in [4.69, 9.17) is 0 Å². The molecule has 0 bridgehead atoms. The highest BCUT2D eigenvalue weighted by molar-refractivity contribution is 5.78. The molecule has 2 heteroatoms. The van der Waals surface area contributed by atoms with Gasteiger partial charge in [0.1, 0.15) is 0 Å². The minimum atomic E-state index is -0.429. The number of aromatic nitrogens is 1. The molecule has 0 radical (unpaired) electrons. The van der Waals surface area contributed by atoms with Crippen molar-refractivity contribution in [2.45, 2.75) is 33.8 Å². The first-order valence-corrected chi connectivity index (χ1v) is 6.88. The maximum Gasteiger partial charge on any atom is 0.0843 e. The van der Waals surface area contributed by atoms with Crippen LogP contribution in [-0.2, 0) is 0 Å². The monoisotopic (exact) mass is 255 g/mol. The fourth-order valence-electron chi connectivity index (χ4n) is 3.48. The van der Waals surface area contributed by atoms with Gasteiger partial charge in [-0.25, -0.2) is 0 Å². The van der Waals surface area contributed by atoms with Gasteiger partial charge in [-0.05, 0) is 28.5 Å². The number of hydrogen-bond donors (Lipinski definition) is 1. The topological polar surface area (TPSA) is 33.1 Å². The molecule has 1 saturated carbocycles. The molecular formula is C17H21NO. The van der Waals surface area contributed by atoms with E-state index in [1.54, 1.807) is 0 Å². The highest BCUT2D eigenvalue weighted by Crippen LogP contribution is 2.72. The van der Waals surface area contributed by atoms with E-state index in [0.717, 1.165) is 16.5 Å². The Bertz CT molecular complexity index is 616. The summed E-state index contributed by atoms with van der Waals surface area (Å²) in [7, 11) is 0. The Hall–Kier alpha value is -1.41. The van der Waals surface area contributed by atoms with Crippen LogP contribution in [0.15, 0.2) is 36.5 Å². The first-order valence-electron chi connectivity index (χ1n) is 6.88. The van der Waals surface area contributed by atoms with Gasteiger partial charge in [-0.1, -0.05) is 45.9 Å². The molecule has 19 heavy (non-hydrogen) atoms. The number of hydrogen-bond acceptors (Lipinski definition) is 2. The van der Waals surface area contributed by atoms with Crippen molar-refractivity contribution in [1.29, 1.82) is 0 Å². The molecular weight excluding hydrogens is 234 g/mol. The lowest BCUT2D eigenvalue weighted by Gasteiger charge is -2.13. The Balaban J connectivity index is 1.97. The maximum atomic E-state index is 10.7. The molecule has 1 aromatic heterocycles. The predicted octanol–water partition coefficient (Wildman–Crippen LogP) is 3.95. The number of pyridine rings is 1. The third kappa shape index (κ3) is 1.70. The largest absolute Gasteiger partial charge is 0.388 e. The van der Waals surface area contributed by atoms with E-state index in [2.05, 4.69) is 38.7 Å². The van der Waals surface area contributed by atoms with E-state index in [1.807, 2.05) is 30.5 Å². The summed E-state index contributed by atoms with van der Waals surface area (Å²) in [5.74, 6) is 0.294. The third-order valence-corrected chi connectivity index (χ3v) is 5.40. The van der Waals surface area contributed by atoms with Crippen molar-refractivity contribution in [2.24, 2.45) is 16.7 Å². The second-order valence-electron chi connectivity index (χ2n) is 6.83. The number of para-hydroxylation sites is 1. The molecule has 0 amide bonds. The molecule has 1 fully saturated rings. The summed E-state index contributed by atoms with van der Waals surface area (Å²) in [5, 5.41) is 11.7. The molecule has 0 aliphatic heterocycles. The van der Waals surface area contributed by atoms with Crippen molar-refractivity contribution >= 4 is 10.9 Å². The van der Waals surface area contributed by atoms with Gasteiger partial charge in [0, 0.05) is 17.5 Å². The molecule has 3 rings (SSSR count). The average molecular weight is 255 g/mol. The average Bonchev–Trinajstić information content (AvgIpc) is 2.78. The van der Waals surface area contributed by atoms with Gasteiger partial charge in [0.15, 0.2) is 0 Å². The molecule has 1 aromatic carbocycles. The van der Waals surface area contributed by atoms with Gasteiger partial charge in [0.2, 0.25) is 0 Å². The summed E-state index contributed by atoms with van der Waals surface area (Å²) in [6.07, 6.45) is 1.39. The lowest BCUT2D eigenvalue weighted by Crippen LogP contribution is -2.06. The summed E-state index contributed by atoms with van der Waals surface area (Å²) >= 11 is 0. The molecule has 1 atom stereocenters. The Morgan fingerprint density at radius 1 is 1.11 bits per heavy atom. The molecule has 1 aliphatic carbocycles. The first kappa shape index (κ1) is 12.6. The number of aliphatic hydroxyl groups excluding tert-OH is 1. The van der Waals surface area contributed by atoms with Crippen molar-refractivity contribution < 1.29 is 5.11 Å². The van der Waals surface area contributed by atoms with Gasteiger partial charge in [-0.3, -0.25) is 4.98 Å². The quantitative estimate of drug-likeness (QED) is 0.881. The van der Waals surface area contributed by atoms with E-state index >= 15 is 0 Å². The van der Waals surface area contributed by atoms with Crippen molar-refractivity contribution in [3.8, 4) is 0 Å². The van der Waals surface area contributed by atoms with E-state index < -0.39 is 6.10 Å². The van der Waals surface area contributed by atoms with Crippen LogP contribution in [0.25, 0.3) is 10.9 Å². The highest BCUT2D eigenvalue weighted by Gasteiger charge is 2.67. The number of rotatable bonds is 2. The summed E-state index contributed by atoms with van der Waals surface area (Å²) in [6, 6.07) is 10.1. The molecule has 1 N–H and O–H groups in total. The van der Waals surface area contributed by atoms with Crippen molar-refractivity contribution in [3.05, 3.63) is 42.1 Å². The fourth-order valence-corrected chi connectivity index (χ4v) is 3.48. The number of fused-ring (bicyclic) bond motifs is 1. The Kier molecular flexibility index (Phi) is 2.52. The maximum absolute atomic E-state index is 10.7. The molecule has 0 saturated heterocycles. The first-order chi connectivity index (χ1) is 8.85. The van der Waals surface area contributed by atoms with E-state index in [-0.39, 0.29) is 10.8 Å². The van der Waals surface area contributed by atoms with E-state index in [9.17, 15) is 5.11 Å². The third-order valence-electron chi connectivity index (χ3n) is 5.40. The van der Waals surface area contributed by atoms with Gasteiger partial charge < -0.3 is 5.11 Å². The van der Waals surface area contributed by atoms with Crippen molar-refractivity contribution in [1.82, 2.24) is 4.98 Å². The highest BCUT2D eigenvalue weighted by atomic mass is 16.3. The smallest absolute Gasteiger partial charge is 0.0843 e. The van der Waals surface area contributed by atoms with Crippen LogP contribution in [-0.4, -0.2) is 10.1 Å². The summed E-state index contributed by atoms with van der Waals surface area (Å²) in [6.45, 7) is 8.93. The number of benzene rings is 1. The number of aliphatic hydroxyl groups is 1. The molecule has 2 aromatic rings. The van der Waals surface area contributed by atoms with Crippen LogP contribution in [0, 0.1) is 16.7 Å². The van der Waals surface area contributed by atoms with Crippen LogP contribution in [0.4, 0.5) is 0 Å². The normalized spacial score (nSPS) is 22.4. The van der Waals surface area contributed by atoms with Crippen LogP contribution in [0.5, 0.6) is 0 Å². The lowest BCUT2D eigenvalue weighted by molar-refractivity contribution is 0.130. The predicted molar refractivity (Wildman–Crippen MR) is 77.8 cm³/mol. The zero-order valence-electron chi connectivity index (χ0n) is 12.0. The van der Waals surface area contributed by atoms with Crippen LogP contribution in [0.3, 0.4) is 0 Å². The van der Waals surface area contributed by atoms with E-state index in [0.29, 0.717) is 5.92 Å². The lowest BCUT2D eigenvalue weighted by atomic mass is 9.99. The van der Waals surface area contributed by atoms with Gasteiger partial charge in [-0.2, -0.15) is 0 Å². The van der Waals surface area contributed by atoms with Crippen molar-refractivity contribution in [3.63, 3.8) is 0 Å². The molecule has 1 heterocycles. The van der Waals surface area contributed by atoms with Crippen LogP contribution < -0.4 is 0 Å². The second-order valence-corrected chi connectivity index (χ2v) is 6.83. The second kappa shape index (κ2) is 3.80. The van der Waals surface area contributed by atoms with Crippen molar-refractivity contribution in [2.75, 3.05) is 0 Å². The molecule has 0 spiro atoms. The molecule has 1 aliphatic rings. The molecule has 100 valence electrons. The zero-order chi connectivity index (χ0) is 13.8. The minimum Gasteiger partial charge on any atom is -0.388 e. The Morgan fingerprint density at radius 3 is 2.37 bits per heavy atom. The summed E-state index contributed by atoms with van der Waals surface area (Å²) < 4.78 is 0. The van der Waals surface area contributed by atoms with E-state index in [1.165, 1.54) is 0 Å². The minimum absolute atomic E-state index is 0.179. The standard InChI is InChI=1S/C17H21NO/c1-16(2)15(17(16,3)4)14(19)12-9-11-7-5-6-8-13(11)18-10-12/h5-10,14-15,19H,1-4H3. The Labute approximate surface area is 114 Å². The van der Waals surface area contributed by atoms with Gasteiger partial charge in [-0.15, -0.1) is 0 Å². The van der Waals surface area contributed by atoms with Crippen LogP contribution >= 0.6 is 0 Å². The van der Waals surface area contributed by atoms with Gasteiger partial charge >= 0.3 is 0 Å². The SMILES string of the molecule is CC1(C)C(C(O)c2cnc3ccccc3c2)C1(C)C. The van der Waals surface area contributed by atoms with Gasteiger partial charge in [0.05, 0.1) is 11.6 Å². The Morgan fingerprint density at radius 2 is 1.74 bits per heavy atom. The summed E-state index contributed by atoms with van der Waals surface area (Å²) in [5.41, 5.74) is 2.27. The summed E-state index contributed by atoms with van der Waals surface area (Å²) in [4.78, 5) is 4.45. The number of nitrogens with zero attached hydrogens (tertiary/aromatic N) is 1. The van der Waals surface area contributed by atoms with Crippen LogP contribution in [0.2, 0.25) is 0 Å².